The lowest BCUT2D eigenvalue weighted by Crippen LogP contribution is -2.25. The number of hydrogen-bond donors (Lipinski definition) is 2. The van der Waals surface area contributed by atoms with Crippen LogP contribution in [0.2, 0.25) is 0 Å². The van der Waals surface area contributed by atoms with E-state index in [-0.39, 0.29) is 11.8 Å². The molecule has 0 radical (unpaired) electrons. The van der Waals surface area contributed by atoms with Gasteiger partial charge >= 0.3 is 0 Å². The first-order chi connectivity index (χ1) is 12.6. The highest BCUT2D eigenvalue weighted by molar-refractivity contribution is 6.05. The smallest absolute Gasteiger partial charge is 0.255 e. The molecule has 6 nitrogen and oxygen atoms in total. The summed E-state index contributed by atoms with van der Waals surface area (Å²) < 4.78 is 0. The Morgan fingerprint density at radius 2 is 2.04 bits per heavy atom. The molecule has 0 bridgehead atoms. The molecule has 26 heavy (non-hydrogen) atoms. The minimum absolute atomic E-state index is 0.0246. The van der Waals surface area contributed by atoms with Crippen LogP contribution in [0, 0.1) is 0 Å². The first-order valence-corrected chi connectivity index (χ1v) is 8.44. The van der Waals surface area contributed by atoms with Gasteiger partial charge < -0.3 is 10.2 Å². The molecule has 1 aromatic heterocycles. The molecule has 0 atom stereocenters. The third-order valence-corrected chi connectivity index (χ3v) is 4.55. The van der Waals surface area contributed by atoms with Crippen molar-refractivity contribution in [3.63, 3.8) is 0 Å². The minimum Gasteiger partial charge on any atom is -0.322 e. The number of nitrogens with one attached hydrogen (secondary N) is 2. The van der Waals surface area contributed by atoms with E-state index in [2.05, 4.69) is 15.5 Å². The number of benzene rings is 2. The lowest BCUT2D eigenvalue weighted by molar-refractivity contribution is -0.116. The molecular weight excluding hydrogens is 328 g/mol. The van der Waals surface area contributed by atoms with Crippen LogP contribution in [0.15, 0.2) is 54.7 Å². The Hall–Kier alpha value is -3.41. The lowest BCUT2D eigenvalue weighted by Gasteiger charge is -2.14. The van der Waals surface area contributed by atoms with E-state index in [1.165, 1.54) is 0 Å². The molecule has 0 saturated heterocycles. The van der Waals surface area contributed by atoms with Crippen LogP contribution in [0.5, 0.6) is 0 Å². The largest absolute Gasteiger partial charge is 0.322 e. The second-order valence-electron chi connectivity index (χ2n) is 6.27. The molecule has 1 aliphatic heterocycles. The van der Waals surface area contributed by atoms with Crippen molar-refractivity contribution >= 4 is 23.2 Å². The maximum absolute atomic E-state index is 12.6. The van der Waals surface area contributed by atoms with Crippen molar-refractivity contribution in [2.45, 2.75) is 13.3 Å². The maximum atomic E-state index is 12.6. The first kappa shape index (κ1) is 16.1. The molecule has 0 aliphatic carbocycles. The number of carbonyl (C=O) groups is 2. The van der Waals surface area contributed by atoms with Crippen LogP contribution >= 0.6 is 0 Å². The van der Waals surface area contributed by atoms with E-state index in [9.17, 15) is 9.59 Å². The molecule has 0 unspecified atom stereocenters. The van der Waals surface area contributed by atoms with Crippen LogP contribution < -0.4 is 10.2 Å². The van der Waals surface area contributed by atoms with Gasteiger partial charge in [0.2, 0.25) is 5.91 Å². The van der Waals surface area contributed by atoms with Gasteiger partial charge in [-0.05, 0) is 48.4 Å². The van der Waals surface area contributed by atoms with Crippen LogP contribution in [-0.2, 0) is 11.2 Å². The molecule has 0 fully saturated rings. The molecule has 0 spiro atoms. The fraction of sp³-hybridized carbons (Fsp3) is 0.150. The standard InChI is InChI=1S/C20H18N4O2/c1-13(25)24-10-8-15-11-16(5-6-19(15)24)20(26)22-17-4-2-3-14(12-17)18-7-9-21-23-18/h2-7,9,11-12H,8,10H2,1H3,(H,21,23)(H,22,26). The van der Waals surface area contributed by atoms with E-state index in [0.717, 1.165) is 28.9 Å². The first-order valence-electron chi connectivity index (χ1n) is 8.44. The Kier molecular flexibility index (Phi) is 4.01. The van der Waals surface area contributed by atoms with Gasteiger partial charge in [-0.25, -0.2) is 0 Å². The van der Waals surface area contributed by atoms with Crippen molar-refractivity contribution < 1.29 is 9.59 Å². The highest BCUT2D eigenvalue weighted by atomic mass is 16.2. The zero-order valence-electron chi connectivity index (χ0n) is 14.3. The number of amides is 2. The van der Waals surface area contributed by atoms with E-state index in [1.54, 1.807) is 24.1 Å². The van der Waals surface area contributed by atoms with Crippen molar-refractivity contribution in [3.05, 3.63) is 65.9 Å². The summed E-state index contributed by atoms with van der Waals surface area (Å²) in [5.74, 6) is -0.146. The molecule has 6 heteroatoms. The van der Waals surface area contributed by atoms with Gasteiger partial charge in [0.15, 0.2) is 0 Å². The zero-order chi connectivity index (χ0) is 18.1. The zero-order valence-corrected chi connectivity index (χ0v) is 14.3. The summed E-state index contributed by atoms with van der Waals surface area (Å²) in [7, 11) is 0. The Bertz CT molecular complexity index is 979. The molecule has 1 aliphatic rings. The van der Waals surface area contributed by atoms with Gasteiger partial charge in [-0.2, -0.15) is 5.10 Å². The van der Waals surface area contributed by atoms with Crippen LogP contribution in [0.25, 0.3) is 11.3 Å². The van der Waals surface area contributed by atoms with Crippen molar-refractivity contribution in [2.24, 2.45) is 0 Å². The van der Waals surface area contributed by atoms with Crippen LogP contribution in [0.4, 0.5) is 11.4 Å². The molecule has 2 amide bonds. The van der Waals surface area contributed by atoms with Gasteiger partial charge in [0, 0.05) is 42.2 Å². The number of anilines is 2. The summed E-state index contributed by atoms with van der Waals surface area (Å²) in [6.45, 7) is 2.23. The van der Waals surface area contributed by atoms with E-state index in [0.29, 0.717) is 17.8 Å². The average Bonchev–Trinajstić information content (AvgIpc) is 3.31. The summed E-state index contributed by atoms with van der Waals surface area (Å²) in [5.41, 5.74) is 5.07. The van der Waals surface area contributed by atoms with Crippen molar-refractivity contribution in [1.82, 2.24) is 10.2 Å². The third kappa shape index (κ3) is 2.97. The van der Waals surface area contributed by atoms with Gasteiger partial charge in [-0.15, -0.1) is 0 Å². The number of aromatic nitrogens is 2. The van der Waals surface area contributed by atoms with Crippen LogP contribution in [-0.4, -0.2) is 28.6 Å². The third-order valence-electron chi connectivity index (χ3n) is 4.55. The number of rotatable bonds is 3. The molecule has 0 saturated carbocycles. The Morgan fingerprint density at radius 3 is 2.81 bits per heavy atom. The second-order valence-corrected chi connectivity index (χ2v) is 6.27. The predicted molar refractivity (Wildman–Crippen MR) is 100 cm³/mol. The fourth-order valence-corrected chi connectivity index (χ4v) is 3.25. The molecular formula is C20H18N4O2. The van der Waals surface area contributed by atoms with E-state index in [1.807, 2.05) is 42.5 Å². The summed E-state index contributed by atoms with van der Waals surface area (Å²) in [6, 6.07) is 14.9. The molecule has 2 heterocycles. The number of nitrogens with zero attached hydrogens (tertiary/aromatic N) is 2. The Morgan fingerprint density at radius 1 is 1.15 bits per heavy atom. The summed E-state index contributed by atoms with van der Waals surface area (Å²) in [5, 5.41) is 9.79. The summed E-state index contributed by atoms with van der Waals surface area (Å²) in [4.78, 5) is 26.0. The topological polar surface area (TPSA) is 78.1 Å². The predicted octanol–water partition coefficient (Wildman–Crippen LogP) is 3.24. The second kappa shape index (κ2) is 6.48. The number of carbonyl (C=O) groups excluding carboxylic acids is 2. The molecule has 130 valence electrons. The van der Waals surface area contributed by atoms with E-state index in [4.69, 9.17) is 0 Å². The number of H-pyrrole nitrogens is 1. The highest BCUT2D eigenvalue weighted by Crippen LogP contribution is 2.29. The minimum atomic E-state index is -0.171. The molecule has 2 aromatic carbocycles. The fourth-order valence-electron chi connectivity index (χ4n) is 3.25. The molecule has 3 aromatic rings. The number of hydrogen-bond acceptors (Lipinski definition) is 3. The van der Waals surface area contributed by atoms with Crippen molar-refractivity contribution in [2.75, 3.05) is 16.8 Å². The van der Waals surface area contributed by atoms with Gasteiger partial charge in [0.25, 0.3) is 5.91 Å². The Balaban J connectivity index is 1.54. The SMILES string of the molecule is CC(=O)N1CCc2cc(C(=O)Nc3cccc(-c4ccn[nH]4)c3)ccc21. The van der Waals surface area contributed by atoms with E-state index < -0.39 is 0 Å². The maximum Gasteiger partial charge on any atom is 0.255 e. The van der Waals surface area contributed by atoms with Gasteiger partial charge in [0.05, 0.1) is 5.69 Å². The van der Waals surface area contributed by atoms with Gasteiger partial charge in [-0.1, -0.05) is 12.1 Å². The molecule has 2 N–H and O–H groups in total. The van der Waals surface area contributed by atoms with Crippen LogP contribution in [0.1, 0.15) is 22.8 Å². The van der Waals surface area contributed by atoms with Crippen LogP contribution in [0.3, 0.4) is 0 Å². The highest BCUT2D eigenvalue weighted by Gasteiger charge is 2.23. The van der Waals surface area contributed by atoms with Gasteiger partial charge in [0.1, 0.15) is 0 Å². The van der Waals surface area contributed by atoms with Crippen molar-refractivity contribution in [3.8, 4) is 11.3 Å². The van der Waals surface area contributed by atoms with Gasteiger partial charge in [-0.3, -0.25) is 14.7 Å². The lowest BCUT2D eigenvalue weighted by atomic mass is 10.1. The molecule has 4 rings (SSSR count). The quantitative estimate of drug-likeness (QED) is 0.764. The number of fused-ring (bicyclic) bond motifs is 1. The average molecular weight is 346 g/mol. The normalized spacial score (nSPS) is 12.7. The summed E-state index contributed by atoms with van der Waals surface area (Å²) >= 11 is 0. The monoisotopic (exact) mass is 346 g/mol. The van der Waals surface area contributed by atoms with Crippen molar-refractivity contribution in [1.29, 1.82) is 0 Å². The Labute approximate surface area is 150 Å². The summed E-state index contributed by atoms with van der Waals surface area (Å²) in [6.07, 6.45) is 2.46. The number of aromatic amines is 1. The van der Waals surface area contributed by atoms with E-state index >= 15 is 0 Å².